The molecule has 0 atom stereocenters. The molecule has 1 aliphatic rings. The molecule has 4 nitrogen and oxygen atoms in total. The first-order chi connectivity index (χ1) is 8.60. The van der Waals surface area contributed by atoms with Crippen molar-refractivity contribution in [3.63, 3.8) is 0 Å². The van der Waals surface area contributed by atoms with Gasteiger partial charge in [0.05, 0.1) is 5.41 Å². The quantitative estimate of drug-likeness (QED) is 0.698. The summed E-state index contributed by atoms with van der Waals surface area (Å²) in [6, 6.07) is 0. The van der Waals surface area contributed by atoms with Crippen LogP contribution < -0.4 is 5.32 Å². The topological polar surface area (TPSA) is 66.4 Å². The number of carboxylic acid groups (broad SMARTS) is 1. The Morgan fingerprint density at radius 1 is 1.28 bits per heavy atom. The van der Waals surface area contributed by atoms with Gasteiger partial charge in [-0.25, -0.2) is 0 Å². The summed E-state index contributed by atoms with van der Waals surface area (Å²) < 4.78 is 0. The molecular weight excluding hydrogens is 250 g/mol. The SMILES string of the molecule is CSCCCC(=O)NCC1(C(=O)O)CCCCC1. The van der Waals surface area contributed by atoms with Crippen LogP contribution in [0.5, 0.6) is 0 Å². The number of nitrogens with one attached hydrogen (secondary N) is 1. The predicted octanol–water partition coefficient (Wildman–Crippen LogP) is 2.28. The molecule has 0 aromatic carbocycles. The molecule has 0 heterocycles. The Morgan fingerprint density at radius 2 is 1.94 bits per heavy atom. The van der Waals surface area contributed by atoms with E-state index < -0.39 is 11.4 Å². The van der Waals surface area contributed by atoms with Crippen molar-refractivity contribution in [1.82, 2.24) is 5.32 Å². The lowest BCUT2D eigenvalue weighted by atomic mass is 9.74. The van der Waals surface area contributed by atoms with Crippen LogP contribution in [0.15, 0.2) is 0 Å². The number of amides is 1. The fourth-order valence-electron chi connectivity index (χ4n) is 2.43. The minimum Gasteiger partial charge on any atom is -0.481 e. The third-order valence-corrected chi connectivity index (χ3v) is 4.34. The lowest BCUT2D eigenvalue weighted by Gasteiger charge is -2.33. The van der Waals surface area contributed by atoms with E-state index in [1.165, 1.54) is 0 Å². The Hall–Kier alpha value is -0.710. The highest BCUT2D eigenvalue weighted by Gasteiger charge is 2.39. The van der Waals surface area contributed by atoms with E-state index >= 15 is 0 Å². The molecule has 104 valence electrons. The largest absolute Gasteiger partial charge is 0.481 e. The number of hydrogen-bond acceptors (Lipinski definition) is 3. The summed E-state index contributed by atoms with van der Waals surface area (Å²) in [5, 5.41) is 12.2. The van der Waals surface area contributed by atoms with Crippen molar-refractivity contribution in [3.05, 3.63) is 0 Å². The third kappa shape index (κ3) is 4.52. The molecule has 18 heavy (non-hydrogen) atoms. The first-order valence-electron chi connectivity index (χ1n) is 6.60. The Bertz CT molecular complexity index is 288. The van der Waals surface area contributed by atoms with Gasteiger partial charge in [0, 0.05) is 13.0 Å². The van der Waals surface area contributed by atoms with Gasteiger partial charge in [0.2, 0.25) is 5.91 Å². The van der Waals surface area contributed by atoms with Gasteiger partial charge in [0.25, 0.3) is 0 Å². The Morgan fingerprint density at radius 3 is 2.50 bits per heavy atom. The molecule has 0 saturated heterocycles. The molecule has 1 saturated carbocycles. The fourth-order valence-corrected chi connectivity index (χ4v) is 2.86. The van der Waals surface area contributed by atoms with Gasteiger partial charge in [-0.3, -0.25) is 9.59 Å². The smallest absolute Gasteiger partial charge is 0.311 e. The van der Waals surface area contributed by atoms with Crippen molar-refractivity contribution in [3.8, 4) is 0 Å². The number of carboxylic acids is 1. The van der Waals surface area contributed by atoms with E-state index in [9.17, 15) is 14.7 Å². The molecule has 0 unspecified atom stereocenters. The van der Waals surface area contributed by atoms with Gasteiger partial charge in [-0.1, -0.05) is 19.3 Å². The summed E-state index contributed by atoms with van der Waals surface area (Å²) in [7, 11) is 0. The fraction of sp³-hybridized carbons (Fsp3) is 0.846. The monoisotopic (exact) mass is 273 g/mol. The first-order valence-corrected chi connectivity index (χ1v) is 7.99. The summed E-state index contributed by atoms with van der Waals surface area (Å²) in [5.41, 5.74) is -0.715. The summed E-state index contributed by atoms with van der Waals surface area (Å²) >= 11 is 1.72. The van der Waals surface area contributed by atoms with Crippen molar-refractivity contribution in [2.75, 3.05) is 18.6 Å². The van der Waals surface area contributed by atoms with Crippen LogP contribution in [-0.2, 0) is 9.59 Å². The van der Waals surface area contributed by atoms with Crippen molar-refractivity contribution < 1.29 is 14.7 Å². The van der Waals surface area contributed by atoms with Crippen LogP contribution in [0.3, 0.4) is 0 Å². The standard InChI is InChI=1S/C13H23NO3S/c1-18-9-5-6-11(15)14-10-13(12(16)17)7-3-2-4-8-13/h2-10H2,1H3,(H,14,15)(H,16,17). The Labute approximate surface area is 113 Å². The number of carbonyl (C=O) groups excluding carboxylic acids is 1. The van der Waals surface area contributed by atoms with E-state index in [4.69, 9.17) is 0 Å². The highest BCUT2D eigenvalue weighted by Crippen LogP contribution is 2.35. The maximum absolute atomic E-state index is 11.6. The van der Waals surface area contributed by atoms with Crippen molar-refractivity contribution >= 4 is 23.6 Å². The molecular formula is C13H23NO3S. The Kier molecular flexibility index (Phi) is 6.54. The normalized spacial score (nSPS) is 18.3. The van der Waals surface area contributed by atoms with Crippen LogP contribution >= 0.6 is 11.8 Å². The van der Waals surface area contributed by atoms with Crippen LogP contribution in [0, 0.1) is 5.41 Å². The zero-order chi connectivity index (χ0) is 13.4. The number of aliphatic carboxylic acids is 1. The Balaban J connectivity index is 2.38. The number of rotatable bonds is 7. The molecule has 0 aromatic heterocycles. The summed E-state index contributed by atoms with van der Waals surface area (Å²) in [6.45, 7) is 0.292. The molecule has 0 bridgehead atoms. The minimum absolute atomic E-state index is 0.0183. The third-order valence-electron chi connectivity index (χ3n) is 3.64. The molecule has 1 aliphatic carbocycles. The van der Waals surface area contributed by atoms with Crippen LogP contribution in [0.4, 0.5) is 0 Å². The average Bonchev–Trinajstić information content (AvgIpc) is 2.37. The number of thioether (sulfide) groups is 1. The summed E-state index contributed by atoms with van der Waals surface area (Å²) in [6.07, 6.45) is 7.75. The number of hydrogen-bond donors (Lipinski definition) is 2. The summed E-state index contributed by atoms with van der Waals surface area (Å²) in [5.74, 6) is 0.194. The van der Waals surface area contributed by atoms with E-state index in [1.807, 2.05) is 6.26 Å². The van der Waals surface area contributed by atoms with E-state index in [1.54, 1.807) is 11.8 Å². The lowest BCUT2D eigenvalue weighted by molar-refractivity contribution is -0.151. The van der Waals surface area contributed by atoms with Gasteiger partial charge in [0.1, 0.15) is 0 Å². The minimum atomic E-state index is -0.758. The lowest BCUT2D eigenvalue weighted by Crippen LogP contribution is -2.44. The molecule has 1 rings (SSSR count). The van der Waals surface area contributed by atoms with Crippen molar-refractivity contribution in [2.45, 2.75) is 44.9 Å². The predicted molar refractivity (Wildman–Crippen MR) is 73.8 cm³/mol. The molecule has 0 spiro atoms. The second kappa shape index (κ2) is 7.67. The van der Waals surface area contributed by atoms with E-state index in [2.05, 4.69) is 5.32 Å². The highest BCUT2D eigenvalue weighted by atomic mass is 32.2. The number of carbonyl (C=O) groups is 2. The van der Waals surface area contributed by atoms with E-state index in [-0.39, 0.29) is 5.91 Å². The van der Waals surface area contributed by atoms with E-state index in [0.29, 0.717) is 25.8 Å². The van der Waals surface area contributed by atoms with Gasteiger partial charge < -0.3 is 10.4 Å². The summed E-state index contributed by atoms with van der Waals surface area (Å²) in [4.78, 5) is 23.0. The van der Waals surface area contributed by atoms with Crippen molar-refractivity contribution in [2.24, 2.45) is 5.41 Å². The molecule has 0 aliphatic heterocycles. The second-order valence-electron chi connectivity index (χ2n) is 5.02. The van der Waals surface area contributed by atoms with E-state index in [0.717, 1.165) is 31.4 Å². The average molecular weight is 273 g/mol. The molecule has 1 amide bonds. The second-order valence-corrected chi connectivity index (χ2v) is 6.00. The molecule has 5 heteroatoms. The molecule has 0 radical (unpaired) electrons. The van der Waals surface area contributed by atoms with Crippen LogP contribution in [-0.4, -0.2) is 35.5 Å². The molecule has 2 N–H and O–H groups in total. The maximum atomic E-state index is 11.6. The zero-order valence-electron chi connectivity index (χ0n) is 11.0. The van der Waals surface area contributed by atoms with Gasteiger partial charge in [0.15, 0.2) is 0 Å². The first kappa shape index (κ1) is 15.3. The highest BCUT2D eigenvalue weighted by molar-refractivity contribution is 7.98. The van der Waals surface area contributed by atoms with Crippen LogP contribution in [0.25, 0.3) is 0 Å². The molecule has 0 aromatic rings. The van der Waals surface area contributed by atoms with Gasteiger partial charge in [-0.05, 0) is 31.3 Å². The zero-order valence-corrected chi connectivity index (χ0v) is 11.9. The van der Waals surface area contributed by atoms with Crippen LogP contribution in [0.1, 0.15) is 44.9 Å². The van der Waals surface area contributed by atoms with Gasteiger partial charge >= 0.3 is 5.97 Å². The van der Waals surface area contributed by atoms with Crippen LogP contribution in [0.2, 0.25) is 0 Å². The van der Waals surface area contributed by atoms with Crippen molar-refractivity contribution in [1.29, 1.82) is 0 Å². The van der Waals surface area contributed by atoms with Gasteiger partial charge in [-0.15, -0.1) is 0 Å². The molecule has 1 fully saturated rings. The maximum Gasteiger partial charge on any atom is 0.311 e. The van der Waals surface area contributed by atoms with Gasteiger partial charge in [-0.2, -0.15) is 11.8 Å².